The number of benzene rings is 1. The number of nitrogens with zero attached hydrogens (tertiary/aromatic N) is 1. The van der Waals surface area contributed by atoms with Gasteiger partial charge in [0.05, 0.1) is 23.1 Å². The molecule has 8 heteroatoms. The summed E-state index contributed by atoms with van der Waals surface area (Å²) in [4.78, 5) is 4.20. The summed E-state index contributed by atoms with van der Waals surface area (Å²) < 4.78 is 29.2. The molecule has 1 aliphatic rings. The highest BCUT2D eigenvalue weighted by Gasteiger charge is 2.28. The third kappa shape index (κ3) is 5.73. The maximum atomic E-state index is 12.2. The lowest BCUT2D eigenvalue weighted by Gasteiger charge is -2.28. The molecule has 6 nitrogen and oxygen atoms in total. The van der Waals surface area contributed by atoms with Crippen LogP contribution in [0.15, 0.2) is 29.3 Å². The minimum absolute atomic E-state index is 0. The van der Waals surface area contributed by atoms with Crippen molar-refractivity contribution >= 4 is 39.8 Å². The van der Waals surface area contributed by atoms with Gasteiger partial charge in [0.25, 0.3) is 0 Å². The first-order valence-electron chi connectivity index (χ1n) is 8.16. The lowest BCUT2D eigenvalue weighted by atomic mass is 10.0. The minimum atomic E-state index is -3.15. The summed E-state index contributed by atoms with van der Waals surface area (Å²) in [6.07, 6.45) is 0.831. The molecule has 0 aromatic heterocycles. The predicted octanol–water partition coefficient (Wildman–Crippen LogP) is 2.51. The Labute approximate surface area is 167 Å². The molecular formula is C17H28IN3O3S. The number of guanidine groups is 1. The van der Waals surface area contributed by atoms with Crippen LogP contribution in [-0.2, 0) is 9.84 Å². The first-order chi connectivity index (χ1) is 11.2. The summed E-state index contributed by atoms with van der Waals surface area (Å²) in [6, 6.07) is 8.01. The number of para-hydroxylation sites is 1. The van der Waals surface area contributed by atoms with Crippen molar-refractivity contribution in [2.75, 3.05) is 26.0 Å². The number of rotatable bonds is 4. The van der Waals surface area contributed by atoms with Crippen LogP contribution in [0.3, 0.4) is 0 Å². The maximum absolute atomic E-state index is 12.2. The van der Waals surface area contributed by atoms with Crippen molar-refractivity contribution in [1.82, 2.24) is 10.6 Å². The summed E-state index contributed by atoms with van der Waals surface area (Å²) in [5, 5.41) is 6.45. The van der Waals surface area contributed by atoms with Gasteiger partial charge >= 0.3 is 0 Å². The number of sulfone groups is 1. The van der Waals surface area contributed by atoms with Crippen molar-refractivity contribution in [2.45, 2.75) is 38.0 Å². The molecule has 0 aliphatic carbocycles. The Bertz CT molecular complexity index is 699. The van der Waals surface area contributed by atoms with Gasteiger partial charge in [-0.2, -0.15) is 0 Å². The molecule has 2 N–H and O–H groups in total. The van der Waals surface area contributed by atoms with E-state index >= 15 is 0 Å². The van der Waals surface area contributed by atoms with Crippen LogP contribution in [0.1, 0.15) is 38.8 Å². The first-order valence-corrected chi connectivity index (χ1v) is 9.81. The Kier molecular flexibility index (Phi) is 7.98. The van der Waals surface area contributed by atoms with Crippen LogP contribution in [-0.4, -0.2) is 45.1 Å². The summed E-state index contributed by atoms with van der Waals surface area (Å²) in [6.45, 7) is 6.12. The van der Waals surface area contributed by atoms with E-state index in [0.717, 1.165) is 17.7 Å². The van der Waals surface area contributed by atoms with Crippen molar-refractivity contribution in [3.63, 3.8) is 0 Å². The predicted molar refractivity (Wildman–Crippen MR) is 113 cm³/mol. The molecule has 1 aromatic carbocycles. The fourth-order valence-electron chi connectivity index (χ4n) is 2.46. The van der Waals surface area contributed by atoms with Gasteiger partial charge in [-0.15, -0.1) is 24.0 Å². The Morgan fingerprint density at radius 1 is 1.32 bits per heavy atom. The summed E-state index contributed by atoms with van der Waals surface area (Å²) in [7, 11) is -1.47. The van der Waals surface area contributed by atoms with Crippen LogP contribution in [0.5, 0.6) is 5.75 Å². The molecule has 1 heterocycles. The van der Waals surface area contributed by atoms with Crippen molar-refractivity contribution < 1.29 is 13.2 Å². The zero-order valence-electron chi connectivity index (χ0n) is 15.2. The van der Waals surface area contributed by atoms with Crippen LogP contribution in [0.2, 0.25) is 0 Å². The Balaban J connectivity index is 0.00000312. The van der Waals surface area contributed by atoms with E-state index in [1.807, 2.05) is 24.3 Å². The average Bonchev–Trinajstić information content (AvgIpc) is 2.53. The number of nitrogens with one attached hydrogen (secondary N) is 2. The molecule has 1 atom stereocenters. The molecular weight excluding hydrogens is 453 g/mol. The van der Waals surface area contributed by atoms with Crippen LogP contribution < -0.4 is 15.4 Å². The van der Waals surface area contributed by atoms with E-state index in [9.17, 15) is 8.42 Å². The molecule has 0 amide bonds. The average molecular weight is 481 g/mol. The lowest BCUT2D eigenvalue weighted by Crippen LogP contribution is -2.43. The number of fused-ring (bicyclic) bond motifs is 1. The van der Waals surface area contributed by atoms with Gasteiger partial charge in [0.2, 0.25) is 0 Å². The second-order valence-electron chi connectivity index (χ2n) is 6.80. The highest BCUT2D eigenvalue weighted by molar-refractivity contribution is 14.0. The van der Waals surface area contributed by atoms with Gasteiger partial charge in [0.15, 0.2) is 15.8 Å². The van der Waals surface area contributed by atoms with Gasteiger partial charge in [0.1, 0.15) is 5.75 Å². The SMILES string of the molecule is CN=C(NCCS(=O)(=O)C(C)(C)C)NC1CCOc2ccccc21.I. The summed E-state index contributed by atoms with van der Waals surface area (Å²) in [5.41, 5.74) is 1.09. The number of hydrogen-bond donors (Lipinski definition) is 2. The molecule has 0 fully saturated rings. The molecule has 1 aliphatic heterocycles. The maximum Gasteiger partial charge on any atom is 0.191 e. The Hall–Kier alpha value is -1.03. The standard InChI is InChI=1S/C17H27N3O3S.HI/c1-17(2,3)24(21,22)12-10-19-16(18-4)20-14-9-11-23-15-8-6-5-7-13(14)15;/h5-8,14H,9-12H2,1-4H3,(H2,18,19,20);1H. The van der Waals surface area contributed by atoms with Crippen molar-refractivity contribution in [3.8, 4) is 5.75 Å². The zero-order valence-corrected chi connectivity index (χ0v) is 18.4. The molecule has 0 bridgehead atoms. The smallest absolute Gasteiger partial charge is 0.191 e. The fourth-order valence-corrected chi connectivity index (χ4v) is 3.44. The molecule has 25 heavy (non-hydrogen) atoms. The normalized spacial score (nSPS) is 17.8. The van der Waals surface area contributed by atoms with Crippen LogP contribution in [0, 0.1) is 0 Å². The second-order valence-corrected chi connectivity index (χ2v) is 9.66. The van der Waals surface area contributed by atoms with E-state index in [4.69, 9.17) is 4.74 Å². The Morgan fingerprint density at radius 2 is 2.00 bits per heavy atom. The number of halogens is 1. The zero-order chi connectivity index (χ0) is 17.8. The first kappa shape index (κ1) is 22.0. The molecule has 1 unspecified atom stereocenters. The van der Waals surface area contributed by atoms with Gasteiger partial charge in [-0.3, -0.25) is 4.99 Å². The lowest BCUT2D eigenvalue weighted by molar-refractivity contribution is 0.261. The van der Waals surface area contributed by atoms with Crippen molar-refractivity contribution in [3.05, 3.63) is 29.8 Å². The summed E-state index contributed by atoms with van der Waals surface area (Å²) >= 11 is 0. The fraction of sp³-hybridized carbons (Fsp3) is 0.588. The number of ether oxygens (including phenoxy) is 1. The second kappa shape index (κ2) is 9.07. The van der Waals surface area contributed by atoms with Gasteiger partial charge < -0.3 is 15.4 Å². The number of hydrogen-bond acceptors (Lipinski definition) is 4. The molecule has 0 radical (unpaired) electrons. The topological polar surface area (TPSA) is 79.8 Å². The molecule has 0 saturated heterocycles. The van der Waals surface area contributed by atoms with E-state index in [0.29, 0.717) is 19.1 Å². The van der Waals surface area contributed by atoms with Crippen molar-refractivity contribution in [2.24, 2.45) is 4.99 Å². The minimum Gasteiger partial charge on any atom is -0.493 e. The highest BCUT2D eigenvalue weighted by Crippen LogP contribution is 2.31. The van der Waals surface area contributed by atoms with E-state index in [1.165, 1.54) is 0 Å². The Morgan fingerprint density at radius 3 is 2.64 bits per heavy atom. The van der Waals surface area contributed by atoms with Crippen LogP contribution in [0.25, 0.3) is 0 Å². The van der Waals surface area contributed by atoms with Crippen LogP contribution in [0.4, 0.5) is 0 Å². The molecule has 142 valence electrons. The molecule has 0 saturated carbocycles. The van der Waals surface area contributed by atoms with Gasteiger partial charge in [-0.1, -0.05) is 18.2 Å². The molecule has 0 spiro atoms. The molecule has 2 rings (SSSR count). The van der Waals surface area contributed by atoms with E-state index in [1.54, 1.807) is 27.8 Å². The quantitative estimate of drug-likeness (QED) is 0.393. The van der Waals surface area contributed by atoms with Gasteiger partial charge in [-0.25, -0.2) is 8.42 Å². The van der Waals surface area contributed by atoms with Crippen LogP contribution >= 0.6 is 24.0 Å². The van der Waals surface area contributed by atoms with E-state index < -0.39 is 14.6 Å². The molecule has 1 aromatic rings. The third-order valence-electron chi connectivity index (χ3n) is 4.09. The largest absolute Gasteiger partial charge is 0.493 e. The van der Waals surface area contributed by atoms with Gasteiger partial charge in [-0.05, 0) is 26.8 Å². The third-order valence-corrected chi connectivity index (χ3v) is 6.70. The van der Waals surface area contributed by atoms with E-state index in [2.05, 4.69) is 15.6 Å². The number of aliphatic imine (C=N–C) groups is 1. The van der Waals surface area contributed by atoms with Gasteiger partial charge in [0, 0.05) is 25.6 Å². The van der Waals surface area contributed by atoms with E-state index in [-0.39, 0.29) is 35.8 Å². The monoisotopic (exact) mass is 481 g/mol. The highest BCUT2D eigenvalue weighted by atomic mass is 127. The summed E-state index contributed by atoms with van der Waals surface area (Å²) in [5.74, 6) is 1.55. The van der Waals surface area contributed by atoms with Crippen molar-refractivity contribution in [1.29, 1.82) is 0 Å².